The Bertz CT molecular complexity index is 989. The van der Waals surface area contributed by atoms with E-state index in [4.69, 9.17) is 0 Å². The smallest absolute Gasteiger partial charge is 0.246 e. The predicted octanol–water partition coefficient (Wildman–Crippen LogP) is 3.28. The summed E-state index contributed by atoms with van der Waals surface area (Å²) >= 11 is 0. The van der Waals surface area contributed by atoms with Crippen LogP contribution in [-0.4, -0.2) is 56.3 Å². The number of amides is 1. The molecule has 3 rings (SSSR count). The van der Waals surface area contributed by atoms with Gasteiger partial charge in [0.25, 0.3) is 0 Å². The number of benzene rings is 2. The summed E-state index contributed by atoms with van der Waals surface area (Å²) in [4.78, 5) is 14.2. The summed E-state index contributed by atoms with van der Waals surface area (Å²) in [5.74, 6) is -0.538. The highest BCUT2D eigenvalue weighted by Gasteiger charge is 2.30. The van der Waals surface area contributed by atoms with E-state index < -0.39 is 15.8 Å². The van der Waals surface area contributed by atoms with E-state index >= 15 is 0 Å². The van der Waals surface area contributed by atoms with Gasteiger partial charge in [0.15, 0.2) is 0 Å². The quantitative estimate of drug-likeness (QED) is 0.728. The molecule has 0 aliphatic carbocycles. The minimum absolute atomic E-state index is 0.129. The Kier molecular flexibility index (Phi) is 7.23. The number of halogens is 1. The number of hydrogen-bond donors (Lipinski definition) is 1. The first-order valence-corrected chi connectivity index (χ1v) is 11.6. The molecule has 1 fully saturated rings. The average Bonchev–Trinajstić information content (AvgIpc) is 2.74. The van der Waals surface area contributed by atoms with Crippen LogP contribution < -0.4 is 5.32 Å². The van der Waals surface area contributed by atoms with E-state index in [1.165, 1.54) is 22.5 Å². The molecular formula is C22H28FN3O3S. The number of carbonyl (C=O) groups excluding carboxylic acids is 1. The maximum atomic E-state index is 13.9. The minimum atomic E-state index is -3.88. The van der Waals surface area contributed by atoms with Crippen molar-refractivity contribution in [1.29, 1.82) is 0 Å². The Hall–Kier alpha value is -2.29. The molecular weight excluding hydrogens is 405 g/mol. The van der Waals surface area contributed by atoms with Gasteiger partial charge in [0.05, 0.1) is 6.54 Å². The van der Waals surface area contributed by atoms with Crippen molar-refractivity contribution in [3.8, 4) is 0 Å². The molecule has 1 aliphatic heterocycles. The lowest BCUT2D eigenvalue weighted by Gasteiger charge is -2.33. The van der Waals surface area contributed by atoms with Crippen LogP contribution in [0.2, 0.25) is 0 Å². The van der Waals surface area contributed by atoms with E-state index in [0.717, 1.165) is 23.7 Å². The second-order valence-electron chi connectivity index (χ2n) is 7.56. The maximum absolute atomic E-state index is 13.9. The Balaban J connectivity index is 1.58. The molecule has 162 valence electrons. The minimum Gasteiger partial charge on any atom is -0.325 e. The van der Waals surface area contributed by atoms with Crippen LogP contribution in [0.5, 0.6) is 0 Å². The van der Waals surface area contributed by atoms with Crippen LogP contribution in [0.3, 0.4) is 0 Å². The van der Waals surface area contributed by atoms with Crippen LogP contribution in [0.4, 0.5) is 10.1 Å². The summed E-state index contributed by atoms with van der Waals surface area (Å²) in [7, 11) is -3.88. The number of carbonyl (C=O) groups is 1. The molecule has 1 heterocycles. The lowest BCUT2D eigenvalue weighted by molar-refractivity contribution is -0.117. The summed E-state index contributed by atoms with van der Waals surface area (Å²) in [5, 5.41) is 2.99. The SMILES string of the molecule is CCC(C)c1ccccc1NC(=O)CN1CCN(S(=O)(=O)c2ccccc2F)CC1. The van der Waals surface area contributed by atoms with Crippen molar-refractivity contribution in [2.45, 2.75) is 31.1 Å². The number of nitrogens with one attached hydrogen (secondary N) is 1. The number of hydrogen-bond acceptors (Lipinski definition) is 4. The average molecular weight is 434 g/mol. The number of nitrogens with zero attached hydrogens (tertiary/aromatic N) is 2. The van der Waals surface area contributed by atoms with E-state index in [9.17, 15) is 17.6 Å². The standard InChI is InChI=1S/C22H28FN3O3S/c1-3-17(2)18-8-4-6-10-20(18)24-22(27)16-25-12-14-26(15-13-25)30(28,29)21-11-7-5-9-19(21)23/h4-11,17H,3,12-16H2,1-2H3,(H,24,27). The van der Waals surface area contributed by atoms with Crippen molar-refractivity contribution in [3.63, 3.8) is 0 Å². The summed E-state index contributed by atoms with van der Waals surface area (Å²) < 4.78 is 40.6. The van der Waals surface area contributed by atoms with Gasteiger partial charge in [-0.2, -0.15) is 4.31 Å². The molecule has 0 radical (unpaired) electrons. The fraction of sp³-hybridized carbons (Fsp3) is 0.409. The highest BCUT2D eigenvalue weighted by atomic mass is 32.2. The molecule has 0 spiro atoms. The summed E-state index contributed by atoms with van der Waals surface area (Å²) in [6.45, 7) is 5.67. The lowest BCUT2D eigenvalue weighted by atomic mass is 9.97. The molecule has 2 aromatic carbocycles. The summed E-state index contributed by atoms with van der Waals surface area (Å²) in [6, 6.07) is 13.2. The highest BCUT2D eigenvalue weighted by molar-refractivity contribution is 7.89. The van der Waals surface area contributed by atoms with E-state index in [2.05, 4.69) is 19.2 Å². The zero-order valence-electron chi connectivity index (χ0n) is 17.3. The Morgan fingerprint density at radius 3 is 2.37 bits per heavy atom. The Morgan fingerprint density at radius 2 is 1.70 bits per heavy atom. The zero-order chi connectivity index (χ0) is 21.7. The molecule has 0 saturated carbocycles. The van der Waals surface area contributed by atoms with Crippen LogP contribution in [0.1, 0.15) is 31.7 Å². The molecule has 0 aromatic heterocycles. The zero-order valence-corrected chi connectivity index (χ0v) is 18.2. The van der Waals surface area contributed by atoms with E-state index in [1.807, 2.05) is 29.2 Å². The van der Waals surface area contributed by atoms with Gasteiger partial charge >= 0.3 is 0 Å². The summed E-state index contributed by atoms with van der Waals surface area (Å²) in [5.41, 5.74) is 1.92. The molecule has 2 aromatic rings. The molecule has 1 N–H and O–H groups in total. The number of piperazine rings is 1. The fourth-order valence-electron chi connectivity index (χ4n) is 3.57. The van der Waals surface area contributed by atoms with Gasteiger partial charge in [-0.05, 0) is 36.1 Å². The second kappa shape index (κ2) is 9.68. The van der Waals surface area contributed by atoms with Gasteiger partial charge in [-0.25, -0.2) is 12.8 Å². The molecule has 1 amide bonds. The van der Waals surface area contributed by atoms with Gasteiger partial charge in [-0.1, -0.05) is 44.2 Å². The van der Waals surface area contributed by atoms with Gasteiger partial charge in [-0.15, -0.1) is 0 Å². The van der Waals surface area contributed by atoms with Gasteiger partial charge in [0.1, 0.15) is 10.7 Å². The van der Waals surface area contributed by atoms with Crippen LogP contribution >= 0.6 is 0 Å². The Morgan fingerprint density at radius 1 is 1.07 bits per heavy atom. The van der Waals surface area contributed by atoms with Gasteiger partial charge < -0.3 is 5.32 Å². The molecule has 6 nitrogen and oxygen atoms in total. The largest absolute Gasteiger partial charge is 0.325 e. The van der Waals surface area contributed by atoms with Crippen LogP contribution in [-0.2, 0) is 14.8 Å². The van der Waals surface area contributed by atoms with Crippen molar-refractivity contribution in [1.82, 2.24) is 9.21 Å². The van der Waals surface area contributed by atoms with Crippen molar-refractivity contribution in [2.24, 2.45) is 0 Å². The molecule has 1 saturated heterocycles. The monoisotopic (exact) mass is 433 g/mol. The number of rotatable bonds is 7. The fourth-order valence-corrected chi connectivity index (χ4v) is 5.06. The number of para-hydroxylation sites is 1. The first kappa shape index (κ1) is 22.4. The van der Waals surface area contributed by atoms with Crippen molar-refractivity contribution in [3.05, 3.63) is 59.9 Å². The normalized spacial score (nSPS) is 16.9. The number of sulfonamides is 1. The van der Waals surface area contributed by atoms with E-state index in [0.29, 0.717) is 19.0 Å². The highest BCUT2D eigenvalue weighted by Crippen LogP contribution is 2.26. The van der Waals surface area contributed by atoms with Gasteiger partial charge in [-0.3, -0.25) is 9.69 Å². The number of anilines is 1. The third kappa shape index (κ3) is 5.06. The molecule has 1 unspecified atom stereocenters. The second-order valence-corrected chi connectivity index (χ2v) is 9.46. The first-order valence-electron chi connectivity index (χ1n) is 10.2. The topological polar surface area (TPSA) is 69.7 Å². The summed E-state index contributed by atoms with van der Waals surface area (Å²) in [6.07, 6.45) is 0.978. The Labute approximate surface area is 177 Å². The van der Waals surface area contributed by atoms with Crippen molar-refractivity contribution < 1.29 is 17.6 Å². The molecule has 0 bridgehead atoms. The molecule has 1 aliphatic rings. The van der Waals surface area contributed by atoms with Crippen molar-refractivity contribution >= 4 is 21.6 Å². The third-order valence-corrected chi connectivity index (χ3v) is 7.46. The van der Waals surface area contributed by atoms with E-state index in [-0.39, 0.29) is 30.4 Å². The van der Waals surface area contributed by atoms with E-state index in [1.54, 1.807) is 0 Å². The van der Waals surface area contributed by atoms with Crippen molar-refractivity contribution in [2.75, 3.05) is 38.0 Å². The van der Waals surface area contributed by atoms with Crippen LogP contribution in [0.25, 0.3) is 0 Å². The molecule has 30 heavy (non-hydrogen) atoms. The maximum Gasteiger partial charge on any atom is 0.246 e. The van der Waals surface area contributed by atoms with Crippen LogP contribution in [0.15, 0.2) is 53.4 Å². The van der Waals surface area contributed by atoms with Gasteiger partial charge in [0.2, 0.25) is 15.9 Å². The first-order chi connectivity index (χ1) is 14.3. The van der Waals surface area contributed by atoms with Crippen LogP contribution in [0, 0.1) is 5.82 Å². The molecule has 1 atom stereocenters. The third-order valence-electron chi connectivity index (χ3n) is 5.53. The molecule has 8 heteroatoms. The van der Waals surface area contributed by atoms with Gasteiger partial charge in [0, 0.05) is 31.9 Å². The predicted molar refractivity (Wildman–Crippen MR) is 115 cm³/mol. The lowest BCUT2D eigenvalue weighted by Crippen LogP contribution is -2.50.